The first-order valence-corrected chi connectivity index (χ1v) is 5.73. The van der Waals surface area contributed by atoms with E-state index in [4.69, 9.17) is 16.3 Å². The summed E-state index contributed by atoms with van der Waals surface area (Å²) >= 11 is 5.88. The predicted octanol–water partition coefficient (Wildman–Crippen LogP) is 3.09. The molecule has 0 radical (unpaired) electrons. The smallest absolute Gasteiger partial charge is 0.227 e. The van der Waals surface area contributed by atoms with Crippen molar-refractivity contribution < 1.29 is 9.53 Å². The molecule has 1 aromatic carbocycles. The van der Waals surface area contributed by atoms with Gasteiger partial charge in [-0.3, -0.25) is 4.79 Å². The lowest BCUT2D eigenvalue weighted by Crippen LogP contribution is -2.28. The van der Waals surface area contributed by atoms with Gasteiger partial charge in [0.1, 0.15) is 5.75 Å². The normalized spacial score (nSPS) is 15.4. The Balaban J connectivity index is 2.12. The van der Waals surface area contributed by atoms with Gasteiger partial charge in [-0.1, -0.05) is 18.0 Å². The van der Waals surface area contributed by atoms with Gasteiger partial charge in [0.15, 0.2) is 0 Å². The van der Waals surface area contributed by atoms with Gasteiger partial charge in [0, 0.05) is 10.9 Å². The van der Waals surface area contributed by atoms with Crippen molar-refractivity contribution in [2.45, 2.75) is 19.3 Å². The van der Waals surface area contributed by atoms with Crippen molar-refractivity contribution in [2.75, 3.05) is 12.4 Å². The van der Waals surface area contributed by atoms with Crippen LogP contribution in [0.1, 0.15) is 19.3 Å². The largest absolute Gasteiger partial charge is 0.495 e. The van der Waals surface area contributed by atoms with Crippen LogP contribution in [0, 0.1) is 5.92 Å². The summed E-state index contributed by atoms with van der Waals surface area (Å²) in [5, 5.41) is 3.44. The molecule has 0 bridgehead atoms. The predicted molar refractivity (Wildman–Crippen MR) is 64.0 cm³/mol. The molecule has 0 spiro atoms. The Hall–Kier alpha value is -1.22. The van der Waals surface area contributed by atoms with Crippen LogP contribution in [-0.4, -0.2) is 13.0 Å². The minimum absolute atomic E-state index is 0.0619. The molecule has 0 unspecified atom stereocenters. The summed E-state index contributed by atoms with van der Waals surface area (Å²) in [7, 11) is 1.57. The van der Waals surface area contributed by atoms with Crippen LogP contribution in [0.2, 0.25) is 5.02 Å². The number of rotatable bonds is 3. The zero-order valence-corrected chi connectivity index (χ0v) is 9.88. The van der Waals surface area contributed by atoms with E-state index in [1.807, 2.05) is 0 Å². The molecule has 0 saturated heterocycles. The maximum Gasteiger partial charge on any atom is 0.227 e. The van der Waals surface area contributed by atoms with Gasteiger partial charge in [0.05, 0.1) is 12.8 Å². The van der Waals surface area contributed by atoms with Crippen molar-refractivity contribution in [1.29, 1.82) is 0 Å². The molecule has 4 heteroatoms. The van der Waals surface area contributed by atoms with Gasteiger partial charge in [-0.05, 0) is 31.0 Å². The molecule has 0 atom stereocenters. The molecule has 1 aliphatic carbocycles. The fourth-order valence-corrected chi connectivity index (χ4v) is 1.86. The van der Waals surface area contributed by atoms with E-state index in [-0.39, 0.29) is 11.8 Å². The third-order valence-electron chi connectivity index (χ3n) is 2.90. The van der Waals surface area contributed by atoms with Gasteiger partial charge in [-0.2, -0.15) is 0 Å². The molecular formula is C12H14ClNO2. The van der Waals surface area contributed by atoms with E-state index < -0.39 is 0 Å². The lowest BCUT2D eigenvalue weighted by Gasteiger charge is -2.24. The van der Waals surface area contributed by atoms with Crippen molar-refractivity contribution in [3.8, 4) is 5.75 Å². The van der Waals surface area contributed by atoms with Crippen LogP contribution in [0.25, 0.3) is 0 Å². The Morgan fingerprint density at radius 1 is 1.50 bits per heavy atom. The van der Waals surface area contributed by atoms with Gasteiger partial charge >= 0.3 is 0 Å². The first-order chi connectivity index (χ1) is 7.70. The number of nitrogens with one attached hydrogen (secondary N) is 1. The molecule has 0 heterocycles. The number of hydrogen-bond acceptors (Lipinski definition) is 2. The Labute approximate surface area is 99.7 Å². The topological polar surface area (TPSA) is 38.3 Å². The minimum atomic E-state index is 0.0619. The van der Waals surface area contributed by atoms with Crippen LogP contribution in [0.3, 0.4) is 0 Å². The van der Waals surface area contributed by atoms with E-state index >= 15 is 0 Å². The lowest BCUT2D eigenvalue weighted by atomic mass is 9.85. The molecule has 16 heavy (non-hydrogen) atoms. The molecule has 2 rings (SSSR count). The number of benzene rings is 1. The Kier molecular flexibility index (Phi) is 3.34. The molecule has 86 valence electrons. The van der Waals surface area contributed by atoms with Crippen molar-refractivity contribution in [3.05, 3.63) is 23.2 Å². The quantitative estimate of drug-likeness (QED) is 0.880. The molecule has 1 amide bonds. The first-order valence-electron chi connectivity index (χ1n) is 5.35. The van der Waals surface area contributed by atoms with Crippen LogP contribution in [-0.2, 0) is 4.79 Å². The highest BCUT2D eigenvalue weighted by atomic mass is 35.5. The maximum absolute atomic E-state index is 11.8. The molecule has 1 aromatic rings. The summed E-state index contributed by atoms with van der Waals surface area (Å²) < 4.78 is 5.16. The second-order valence-electron chi connectivity index (χ2n) is 3.96. The van der Waals surface area contributed by atoms with Gasteiger partial charge in [-0.25, -0.2) is 0 Å². The van der Waals surface area contributed by atoms with E-state index in [1.54, 1.807) is 25.3 Å². The SMILES string of the molecule is COc1ccc(Cl)cc1NC(=O)C1CCC1. The molecule has 0 aliphatic heterocycles. The molecule has 1 fully saturated rings. The van der Waals surface area contributed by atoms with Gasteiger partial charge in [0.2, 0.25) is 5.91 Å². The molecule has 1 N–H and O–H groups in total. The second-order valence-corrected chi connectivity index (χ2v) is 4.40. The average Bonchev–Trinajstić information content (AvgIpc) is 2.15. The molecule has 1 saturated carbocycles. The summed E-state index contributed by atoms with van der Waals surface area (Å²) in [5.74, 6) is 0.854. The van der Waals surface area contributed by atoms with Crippen LogP contribution < -0.4 is 10.1 Å². The molecule has 0 aromatic heterocycles. The summed E-state index contributed by atoms with van der Waals surface area (Å²) in [5.41, 5.74) is 0.645. The fraction of sp³-hybridized carbons (Fsp3) is 0.417. The number of methoxy groups -OCH3 is 1. The number of halogens is 1. The Morgan fingerprint density at radius 3 is 2.81 bits per heavy atom. The van der Waals surface area contributed by atoms with Crippen LogP contribution in [0.4, 0.5) is 5.69 Å². The van der Waals surface area contributed by atoms with Crippen molar-refractivity contribution >= 4 is 23.2 Å². The van der Waals surface area contributed by atoms with E-state index in [9.17, 15) is 4.79 Å². The van der Waals surface area contributed by atoms with Crippen molar-refractivity contribution in [2.24, 2.45) is 5.92 Å². The maximum atomic E-state index is 11.8. The van der Waals surface area contributed by atoms with Crippen molar-refractivity contribution in [1.82, 2.24) is 0 Å². The summed E-state index contributed by atoms with van der Waals surface area (Å²) in [6, 6.07) is 5.19. The molecule has 1 aliphatic rings. The number of carbonyl (C=O) groups excluding carboxylic acids is 1. The summed E-state index contributed by atoms with van der Waals surface area (Å²) in [6.07, 6.45) is 3.11. The number of carbonyl (C=O) groups is 1. The number of hydrogen-bond donors (Lipinski definition) is 1. The first kappa shape index (κ1) is 11.3. The number of anilines is 1. The molecule has 3 nitrogen and oxygen atoms in total. The van der Waals surface area contributed by atoms with Crippen LogP contribution in [0.5, 0.6) is 5.75 Å². The van der Waals surface area contributed by atoms with Crippen molar-refractivity contribution in [3.63, 3.8) is 0 Å². The number of ether oxygens (including phenoxy) is 1. The zero-order valence-electron chi connectivity index (χ0n) is 9.13. The number of amides is 1. The lowest BCUT2D eigenvalue weighted by molar-refractivity contribution is -0.122. The van der Waals surface area contributed by atoms with Crippen LogP contribution in [0.15, 0.2) is 18.2 Å². The van der Waals surface area contributed by atoms with E-state index in [2.05, 4.69) is 5.32 Å². The molecular weight excluding hydrogens is 226 g/mol. The van der Waals surface area contributed by atoms with Gasteiger partial charge in [0.25, 0.3) is 0 Å². The van der Waals surface area contributed by atoms with Gasteiger partial charge in [-0.15, -0.1) is 0 Å². The highest BCUT2D eigenvalue weighted by Crippen LogP contribution is 2.31. The highest BCUT2D eigenvalue weighted by molar-refractivity contribution is 6.31. The second kappa shape index (κ2) is 4.74. The van der Waals surface area contributed by atoms with Crippen LogP contribution >= 0.6 is 11.6 Å². The Morgan fingerprint density at radius 2 is 2.25 bits per heavy atom. The van der Waals surface area contributed by atoms with Gasteiger partial charge < -0.3 is 10.1 Å². The highest BCUT2D eigenvalue weighted by Gasteiger charge is 2.25. The average molecular weight is 240 g/mol. The minimum Gasteiger partial charge on any atom is -0.495 e. The standard InChI is InChI=1S/C12H14ClNO2/c1-16-11-6-5-9(13)7-10(11)14-12(15)8-3-2-4-8/h5-8H,2-4H2,1H3,(H,14,15). The van der Waals surface area contributed by atoms with E-state index in [0.29, 0.717) is 16.5 Å². The fourth-order valence-electron chi connectivity index (χ4n) is 1.68. The Bertz CT molecular complexity index is 402. The third kappa shape index (κ3) is 2.30. The van der Waals surface area contributed by atoms with E-state index in [0.717, 1.165) is 19.3 Å². The third-order valence-corrected chi connectivity index (χ3v) is 3.13. The zero-order chi connectivity index (χ0) is 11.5. The summed E-state index contributed by atoms with van der Waals surface area (Å²) in [4.78, 5) is 11.8. The monoisotopic (exact) mass is 239 g/mol. The van der Waals surface area contributed by atoms with E-state index in [1.165, 1.54) is 0 Å². The summed E-state index contributed by atoms with van der Waals surface area (Å²) in [6.45, 7) is 0.